The smallest absolute Gasteiger partial charge is 0.387 e. The van der Waals surface area contributed by atoms with Gasteiger partial charge in [0, 0.05) is 7.05 Å². The highest BCUT2D eigenvalue weighted by Gasteiger charge is 2.30. The average molecular weight is 426 g/mol. The van der Waals surface area contributed by atoms with Crippen molar-refractivity contribution in [2.75, 3.05) is 12.8 Å². The number of rotatable bonds is 6. The van der Waals surface area contributed by atoms with Crippen LogP contribution in [0.1, 0.15) is 24.2 Å². The average Bonchev–Trinajstić information content (AvgIpc) is 2.90. The summed E-state index contributed by atoms with van der Waals surface area (Å²) in [5.74, 6) is -1.97. The fourth-order valence-corrected chi connectivity index (χ4v) is 4.72. The molecule has 0 aromatic heterocycles. The van der Waals surface area contributed by atoms with Crippen LogP contribution in [-0.2, 0) is 9.84 Å². The Morgan fingerprint density at radius 2 is 2.07 bits per heavy atom. The molecular formula is C14H18ClF2N5O4S. The minimum atomic E-state index is -4.10. The van der Waals surface area contributed by atoms with Gasteiger partial charge in [0.1, 0.15) is 10.6 Å². The topological polar surface area (TPSA) is 112 Å². The summed E-state index contributed by atoms with van der Waals surface area (Å²) in [6.45, 7) is 0.0281. The number of halogens is 3. The predicted molar refractivity (Wildman–Crippen MR) is 93.9 cm³/mol. The third kappa shape index (κ3) is 4.96. The van der Waals surface area contributed by atoms with Gasteiger partial charge in [0.25, 0.3) is 5.91 Å². The molecule has 0 atom stereocenters. The molecule has 1 heterocycles. The first-order valence-electron chi connectivity index (χ1n) is 7.66. The molecule has 1 aromatic rings. The number of hydrogen-bond donors (Lipinski definition) is 3. The highest BCUT2D eigenvalue weighted by Crippen LogP contribution is 2.36. The summed E-state index contributed by atoms with van der Waals surface area (Å²) < 4.78 is 54.9. The first kappa shape index (κ1) is 21.1. The number of nitrogens with one attached hydrogen (secondary N) is 3. The predicted octanol–water partition coefficient (Wildman–Crippen LogP) is 1.33. The second-order valence-electron chi connectivity index (χ2n) is 5.98. The molecule has 13 heteroatoms. The van der Waals surface area contributed by atoms with E-state index in [1.807, 2.05) is 0 Å². The van der Waals surface area contributed by atoms with Crippen LogP contribution in [0.5, 0.6) is 5.75 Å². The van der Waals surface area contributed by atoms with Crippen LogP contribution in [0.15, 0.2) is 22.1 Å². The van der Waals surface area contributed by atoms with Gasteiger partial charge in [0.15, 0.2) is 9.84 Å². The van der Waals surface area contributed by atoms with Gasteiger partial charge >= 0.3 is 6.61 Å². The number of ether oxygens (including phenoxy) is 1. The number of carbonyl (C=O) groups excluding carboxylic acids is 1. The molecule has 1 amide bonds. The zero-order chi connectivity index (χ0) is 20.4. The molecule has 1 aromatic carbocycles. The van der Waals surface area contributed by atoms with Gasteiger partial charge in [-0.15, -0.1) is 10.6 Å². The molecule has 1 aliphatic rings. The Hall–Kier alpha value is -2.18. The second-order valence-corrected chi connectivity index (χ2v) is 8.33. The molecule has 0 unspecified atom stereocenters. The monoisotopic (exact) mass is 425 g/mol. The quantitative estimate of drug-likeness (QED) is 0.630. The number of benzene rings is 1. The fourth-order valence-electron chi connectivity index (χ4n) is 2.28. The van der Waals surface area contributed by atoms with E-state index >= 15 is 0 Å². The molecule has 150 valence electrons. The third-order valence-corrected chi connectivity index (χ3v) is 5.95. The van der Waals surface area contributed by atoms with Gasteiger partial charge in [0.05, 0.1) is 16.3 Å². The van der Waals surface area contributed by atoms with Crippen molar-refractivity contribution in [2.45, 2.75) is 25.4 Å². The maximum absolute atomic E-state index is 12.7. The Labute approximate surface area is 159 Å². The Morgan fingerprint density at radius 3 is 2.59 bits per heavy atom. The second kappa shape index (κ2) is 8.23. The first-order chi connectivity index (χ1) is 12.5. The number of hydrazone groups is 1. The zero-order valence-corrected chi connectivity index (χ0v) is 16.2. The molecule has 0 bridgehead atoms. The van der Waals surface area contributed by atoms with Crippen LogP contribution in [0.3, 0.4) is 0 Å². The number of guanidine groups is 1. The molecule has 27 heavy (non-hydrogen) atoms. The highest BCUT2D eigenvalue weighted by atomic mass is 35.5. The maximum atomic E-state index is 12.7. The minimum absolute atomic E-state index is 0.0931. The molecular weight excluding hydrogens is 408 g/mol. The van der Waals surface area contributed by atoms with E-state index in [1.165, 1.54) is 5.01 Å². The van der Waals surface area contributed by atoms with Crippen molar-refractivity contribution in [3.05, 3.63) is 22.7 Å². The van der Waals surface area contributed by atoms with Crippen molar-refractivity contribution in [2.24, 2.45) is 11.0 Å². The number of nitrogens with zero attached hydrogens (tertiary/aromatic N) is 2. The summed E-state index contributed by atoms with van der Waals surface area (Å²) in [5.41, 5.74) is 4.73. The van der Waals surface area contributed by atoms with Gasteiger partial charge in [-0.25, -0.2) is 14.0 Å². The number of sulfone groups is 1. The van der Waals surface area contributed by atoms with Crippen LogP contribution in [0, 0.1) is 5.92 Å². The van der Waals surface area contributed by atoms with Crippen molar-refractivity contribution in [3.63, 3.8) is 0 Å². The summed E-state index contributed by atoms with van der Waals surface area (Å²) in [6.07, 6.45) is 0. The van der Waals surface area contributed by atoms with Gasteiger partial charge < -0.3 is 4.74 Å². The van der Waals surface area contributed by atoms with Gasteiger partial charge in [-0.2, -0.15) is 8.78 Å². The maximum Gasteiger partial charge on any atom is 0.387 e. The van der Waals surface area contributed by atoms with Crippen molar-refractivity contribution >= 4 is 33.3 Å². The summed E-state index contributed by atoms with van der Waals surface area (Å²) >= 11 is 6.13. The standard InChI is InChI=1S/C14H18ClF2N5O4S/c1-7(2)6-27(24,25)11-9(26-13(16)17)5-4-8(10(11)15)12(23)18-14-19-20-21-22(14)3/h4-5,7,13,20-21H,6H2,1-3H3,(H,18,19,23). The summed E-state index contributed by atoms with van der Waals surface area (Å²) in [5, 5.41) is 6.99. The van der Waals surface area contributed by atoms with Crippen molar-refractivity contribution < 1.29 is 26.7 Å². The summed E-state index contributed by atoms with van der Waals surface area (Å²) in [7, 11) is -2.54. The molecule has 9 nitrogen and oxygen atoms in total. The lowest BCUT2D eigenvalue weighted by Gasteiger charge is -2.17. The van der Waals surface area contributed by atoms with Crippen LogP contribution in [0.2, 0.25) is 5.02 Å². The molecule has 0 spiro atoms. The lowest BCUT2D eigenvalue weighted by Crippen LogP contribution is -2.45. The van der Waals surface area contributed by atoms with E-state index in [4.69, 9.17) is 11.6 Å². The molecule has 0 radical (unpaired) electrons. The van der Waals surface area contributed by atoms with Gasteiger partial charge in [-0.05, 0) is 18.1 Å². The number of carbonyl (C=O) groups is 1. The lowest BCUT2D eigenvalue weighted by atomic mass is 10.2. The summed E-state index contributed by atoms with van der Waals surface area (Å²) in [4.78, 5) is 11.8. The molecule has 0 fully saturated rings. The van der Waals surface area contributed by atoms with Crippen LogP contribution in [-0.4, -0.2) is 44.7 Å². The van der Waals surface area contributed by atoms with Crippen molar-refractivity contribution in [3.8, 4) is 5.75 Å². The van der Waals surface area contributed by atoms with Crippen LogP contribution in [0.25, 0.3) is 0 Å². The normalized spacial score (nSPS) is 14.4. The fraction of sp³-hybridized carbons (Fsp3) is 0.429. The molecule has 2 rings (SSSR count). The van der Waals surface area contributed by atoms with E-state index in [2.05, 4.69) is 26.2 Å². The molecule has 0 aliphatic carbocycles. The third-order valence-electron chi connectivity index (χ3n) is 3.31. The van der Waals surface area contributed by atoms with Crippen molar-refractivity contribution in [1.82, 2.24) is 21.4 Å². The van der Waals surface area contributed by atoms with Crippen LogP contribution in [0.4, 0.5) is 8.78 Å². The Bertz CT molecular complexity index is 863. The highest BCUT2D eigenvalue weighted by molar-refractivity contribution is 7.91. The Kier molecular flexibility index (Phi) is 6.44. The van der Waals surface area contributed by atoms with E-state index in [0.29, 0.717) is 0 Å². The SMILES string of the molecule is CC(C)CS(=O)(=O)c1c(OC(F)F)ccc(C(=O)NC2=NNNN2C)c1Cl. The first-order valence-corrected chi connectivity index (χ1v) is 9.69. The Balaban J connectivity index is 2.49. The molecule has 1 aliphatic heterocycles. The van der Waals surface area contributed by atoms with Gasteiger partial charge in [0.2, 0.25) is 5.96 Å². The van der Waals surface area contributed by atoms with E-state index < -0.39 is 38.0 Å². The Morgan fingerprint density at radius 1 is 1.41 bits per heavy atom. The molecule has 0 saturated heterocycles. The largest absolute Gasteiger partial charge is 0.433 e. The van der Waals surface area contributed by atoms with Gasteiger partial charge in [-0.3, -0.25) is 15.1 Å². The van der Waals surface area contributed by atoms with Gasteiger partial charge in [-0.1, -0.05) is 25.4 Å². The number of hydrogen-bond acceptors (Lipinski definition) is 8. The molecule has 3 N–H and O–H groups in total. The molecule has 0 saturated carbocycles. The number of alkyl halides is 2. The van der Waals surface area contributed by atoms with Crippen LogP contribution < -0.4 is 21.1 Å². The van der Waals surface area contributed by atoms with E-state index in [-0.39, 0.29) is 23.2 Å². The van der Waals surface area contributed by atoms with E-state index in [0.717, 1.165) is 12.1 Å². The van der Waals surface area contributed by atoms with E-state index in [1.54, 1.807) is 20.9 Å². The zero-order valence-electron chi connectivity index (χ0n) is 14.6. The lowest BCUT2D eigenvalue weighted by molar-refractivity contribution is -0.0517. The minimum Gasteiger partial charge on any atom is -0.433 e. The van der Waals surface area contributed by atoms with Crippen LogP contribution >= 0.6 is 11.6 Å². The van der Waals surface area contributed by atoms with E-state index in [9.17, 15) is 22.0 Å². The number of hydrazine groups is 2. The summed E-state index contributed by atoms with van der Waals surface area (Å²) in [6, 6.07) is 2.07. The number of amides is 1. The van der Waals surface area contributed by atoms with Crippen molar-refractivity contribution in [1.29, 1.82) is 0 Å².